The highest BCUT2D eigenvalue weighted by Crippen LogP contribution is 2.44. The molecule has 24 heavy (non-hydrogen) atoms. The Morgan fingerprint density at radius 3 is 2.75 bits per heavy atom. The summed E-state index contributed by atoms with van der Waals surface area (Å²) in [7, 11) is 3.33. The van der Waals surface area contributed by atoms with Gasteiger partial charge in [0.25, 0.3) is 0 Å². The number of ether oxygens (including phenoxy) is 2. The molecule has 0 radical (unpaired) electrons. The molecule has 0 spiro atoms. The van der Waals surface area contributed by atoms with Gasteiger partial charge < -0.3 is 14.4 Å². The maximum atomic E-state index is 13.1. The van der Waals surface area contributed by atoms with Crippen molar-refractivity contribution in [1.29, 1.82) is 0 Å². The fourth-order valence-corrected chi connectivity index (χ4v) is 4.45. The van der Waals surface area contributed by atoms with Gasteiger partial charge in [-0.25, -0.2) is 0 Å². The fraction of sp³-hybridized carbons (Fsp3) is 0.632. The molecule has 5 heteroatoms. The number of carbonyl (C=O) groups excluding carboxylic acids is 1. The Hall–Kier alpha value is -1.36. The number of benzene rings is 1. The molecule has 4 nitrogen and oxygen atoms in total. The van der Waals surface area contributed by atoms with Gasteiger partial charge in [0.2, 0.25) is 5.91 Å². The van der Waals surface area contributed by atoms with Gasteiger partial charge in [0.05, 0.1) is 14.2 Å². The van der Waals surface area contributed by atoms with Crippen LogP contribution in [0.2, 0.25) is 0 Å². The maximum absolute atomic E-state index is 13.1. The fourth-order valence-electron chi connectivity index (χ4n) is 3.17. The van der Waals surface area contributed by atoms with Gasteiger partial charge in [0, 0.05) is 23.8 Å². The first-order chi connectivity index (χ1) is 11.7. The molecule has 0 aromatic heterocycles. The van der Waals surface area contributed by atoms with Gasteiger partial charge in [-0.15, -0.1) is 11.8 Å². The van der Waals surface area contributed by atoms with Crippen LogP contribution in [0.3, 0.4) is 0 Å². The van der Waals surface area contributed by atoms with Crippen molar-refractivity contribution >= 4 is 17.7 Å². The van der Waals surface area contributed by atoms with Gasteiger partial charge in [0.15, 0.2) is 0 Å². The second-order valence-electron chi connectivity index (χ2n) is 6.11. The van der Waals surface area contributed by atoms with Crippen LogP contribution in [0, 0.1) is 5.92 Å². The van der Waals surface area contributed by atoms with Crippen molar-refractivity contribution in [3.8, 4) is 11.5 Å². The smallest absolute Gasteiger partial charge is 0.226 e. The molecule has 0 saturated carbocycles. The van der Waals surface area contributed by atoms with Gasteiger partial charge >= 0.3 is 0 Å². The van der Waals surface area contributed by atoms with Crippen LogP contribution in [0.15, 0.2) is 18.2 Å². The second-order valence-corrected chi connectivity index (χ2v) is 7.30. The molecule has 1 heterocycles. The zero-order chi connectivity index (χ0) is 17.5. The minimum Gasteiger partial charge on any atom is -0.497 e. The minimum atomic E-state index is 0.0122. The van der Waals surface area contributed by atoms with E-state index < -0.39 is 0 Å². The zero-order valence-corrected chi connectivity index (χ0v) is 16.0. The molecule has 0 N–H and O–H groups in total. The molecule has 1 aliphatic rings. The van der Waals surface area contributed by atoms with E-state index in [0.717, 1.165) is 55.0 Å². The zero-order valence-electron chi connectivity index (χ0n) is 15.2. The predicted molar refractivity (Wildman–Crippen MR) is 99.8 cm³/mol. The Balaban J connectivity index is 2.25. The van der Waals surface area contributed by atoms with Crippen LogP contribution >= 0.6 is 11.8 Å². The molecule has 0 bridgehead atoms. The summed E-state index contributed by atoms with van der Waals surface area (Å²) in [5, 5.41) is 0.0122. The van der Waals surface area contributed by atoms with E-state index in [9.17, 15) is 4.79 Å². The Bertz CT molecular complexity index is 549. The Kier molecular flexibility index (Phi) is 7.28. The van der Waals surface area contributed by atoms with Gasteiger partial charge in [-0.05, 0) is 31.0 Å². The van der Waals surface area contributed by atoms with E-state index in [-0.39, 0.29) is 17.2 Å². The van der Waals surface area contributed by atoms with Crippen LogP contribution in [0.5, 0.6) is 11.5 Å². The van der Waals surface area contributed by atoms with Crippen LogP contribution < -0.4 is 9.47 Å². The average Bonchev–Trinajstić information content (AvgIpc) is 3.11. The Labute approximate surface area is 149 Å². The standard InChI is InChI=1S/C19H29NO3S/c1-5-7-8-14(6-2)18(21)20-11-12-24-19(20)16-13-15(22-3)9-10-17(16)23-4/h9-10,13-14,19H,5-8,11-12H2,1-4H3/t14-,19+/m1/s1. The van der Waals surface area contributed by atoms with E-state index in [1.54, 1.807) is 26.0 Å². The van der Waals surface area contributed by atoms with Crippen molar-refractivity contribution in [2.45, 2.75) is 44.9 Å². The largest absolute Gasteiger partial charge is 0.497 e. The third-order valence-electron chi connectivity index (χ3n) is 4.63. The van der Waals surface area contributed by atoms with Crippen molar-refractivity contribution in [2.24, 2.45) is 5.92 Å². The van der Waals surface area contributed by atoms with Gasteiger partial charge in [-0.3, -0.25) is 4.79 Å². The highest BCUT2D eigenvalue weighted by molar-refractivity contribution is 7.99. The number of rotatable bonds is 8. The summed E-state index contributed by atoms with van der Waals surface area (Å²) in [5.74, 6) is 2.98. The Morgan fingerprint density at radius 2 is 2.12 bits per heavy atom. The lowest BCUT2D eigenvalue weighted by Gasteiger charge is -2.29. The number of thioether (sulfide) groups is 1. The summed E-state index contributed by atoms with van der Waals surface area (Å²) in [6.07, 6.45) is 4.13. The first-order valence-electron chi connectivity index (χ1n) is 8.80. The summed E-state index contributed by atoms with van der Waals surface area (Å²) in [5.41, 5.74) is 1.03. The molecule has 2 atom stereocenters. The van der Waals surface area contributed by atoms with Crippen molar-refractivity contribution < 1.29 is 14.3 Å². The van der Waals surface area contributed by atoms with Crippen molar-refractivity contribution in [3.05, 3.63) is 23.8 Å². The van der Waals surface area contributed by atoms with Crippen LogP contribution in [-0.2, 0) is 4.79 Å². The molecule has 1 aromatic carbocycles. The van der Waals surface area contributed by atoms with Gasteiger partial charge in [0.1, 0.15) is 16.9 Å². The summed E-state index contributed by atoms with van der Waals surface area (Å²) in [6.45, 7) is 5.09. The van der Waals surface area contributed by atoms with Crippen molar-refractivity contribution in [1.82, 2.24) is 4.90 Å². The second kappa shape index (κ2) is 9.21. The van der Waals surface area contributed by atoms with Crippen LogP contribution in [0.1, 0.15) is 50.5 Å². The average molecular weight is 352 g/mol. The molecule has 1 amide bonds. The van der Waals surface area contributed by atoms with Crippen LogP contribution in [0.4, 0.5) is 0 Å². The van der Waals surface area contributed by atoms with E-state index in [4.69, 9.17) is 9.47 Å². The van der Waals surface area contributed by atoms with Crippen LogP contribution in [0.25, 0.3) is 0 Å². The summed E-state index contributed by atoms with van der Waals surface area (Å²) < 4.78 is 10.9. The van der Waals surface area contributed by atoms with Crippen LogP contribution in [-0.4, -0.2) is 37.3 Å². The monoisotopic (exact) mass is 351 g/mol. The highest BCUT2D eigenvalue weighted by atomic mass is 32.2. The van der Waals surface area contributed by atoms with E-state index >= 15 is 0 Å². The molecule has 1 aliphatic heterocycles. The lowest BCUT2D eigenvalue weighted by molar-refractivity contribution is -0.136. The first kappa shape index (κ1) is 19.0. The number of hydrogen-bond acceptors (Lipinski definition) is 4. The summed E-state index contributed by atoms with van der Waals surface area (Å²) in [6, 6.07) is 5.81. The molecule has 134 valence electrons. The minimum absolute atomic E-state index is 0.0122. The van der Waals surface area contributed by atoms with Crippen molar-refractivity contribution in [2.75, 3.05) is 26.5 Å². The molecule has 1 aromatic rings. The number of nitrogens with zero attached hydrogens (tertiary/aromatic N) is 1. The van der Waals surface area contributed by atoms with E-state index in [1.165, 1.54) is 0 Å². The maximum Gasteiger partial charge on any atom is 0.226 e. The lowest BCUT2D eigenvalue weighted by Crippen LogP contribution is -2.35. The predicted octanol–water partition coefficient (Wildman–Crippen LogP) is 4.49. The SMILES string of the molecule is CCCC[C@@H](CC)C(=O)N1CCS[C@H]1c1cc(OC)ccc1OC. The van der Waals surface area contributed by atoms with E-state index in [2.05, 4.69) is 13.8 Å². The molecule has 2 rings (SSSR count). The van der Waals surface area contributed by atoms with E-state index in [1.807, 2.05) is 23.1 Å². The Morgan fingerprint density at radius 1 is 1.33 bits per heavy atom. The molecule has 1 saturated heterocycles. The summed E-state index contributed by atoms with van der Waals surface area (Å²) in [4.78, 5) is 15.1. The molecule has 1 fully saturated rings. The number of carbonyl (C=O) groups is 1. The topological polar surface area (TPSA) is 38.8 Å². The third-order valence-corrected chi connectivity index (χ3v) is 5.87. The number of amides is 1. The summed E-state index contributed by atoms with van der Waals surface area (Å²) >= 11 is 1.80. The lowest BCUT2D eigenvalue weighted by atomic mass is 9.97. The molecular weight excluding hydrogens is 322 g/mol. The first-order valence-corrected chi connectivity index (χ1v) is 9.85. The molecular formula is C19H29NO3S. The molecule has 0 aliphatic carbocycles. The third kappa shape index (κ3) is 4.18. The quantitative estimate of drug-likeness (QED) is 0.691. The normalized spacial score (nSPS) is 18.5. The highest BCUT2D eigenvalue weighted by Gasteiger charge is 2.35. The molecule has 0 unspecified atom stereocenters. The number of hydrogen-bond donors (Lipinski definition) is 0. The van der Waals surface area contributed by atoms with Crippen molar-refractivity contribution in [3.63, 3.8) is 0 Å². The number of methoxy groups -OCH3 is 2. The van der Waals surface area contributed by atoms with Gasteiger partial charge in [-0.2, -0.15) is 0 Å². The van der Waals surface area contributed by atoms with E-state index in [0.29, 0.717) is 0 Å². The number of unbranched alkanes of at least 4 members (excludes halogenated alkanes) is 1. The van der Waals surface area contributed by atoms with Gasteiger partial charge in [-0.1, -0.05) is 26.7 Å².